The molecule has 3 aromatic carbocycles. The number of rotatable bonds is 10. The number of benzene rings is 3. The first-order valence-corrected chi connectivity index (χ1v) is 10.5. The highest BCUT2D eigenvalue weighted by Gasteiger charge is 2.13. The molecule has 0 bridgehead atoms. The van der Waals surface area contributed by atoms with Gasteiger partial charge in [0.1, 0.15) is 13.2 Å². The molecule has 0 saturated heterocycles. The molecule has 0 unspecified atom stereocenters. The van der Waals surface area contributed by atoms with E-state index >= 15 is 0 Å². The zero-order valence-corrected chi connectivity index (χ0v) is 18.6. The predicted molar refractivity (Wildman–Crippen MR) is 119 cm³/mol. The summed E-state index contributed by atoms with van der Waals surface area (Å²) in [5.41, 5.74) is 2.77. The zero-order valence-electron chi connectivity index (χ0n) is 17.1. The van der Waals surface area contributed by atoms with E-state index in [1.165, 1.54) is 0 Å². The van der Waals surface area contributed by atoms with Crippen LogP contribution in [0.3, 0.4) is 0 Å². The van der Waals surface area contributed by atoms with E-state index in [0.717, 1.165) is 21.2 Å². The van der Waals surface area contributed by atoms with E-state index in [-0.39, 0.29) is 6.61 Å². The Morgan fingerprint density at radius 1 is 0.767 bits per heavy atom. The zero-order chi connectivity index (χ0) is 21.3. The molecule has 0 heterocycles. The molecule has 0 aliphatic rings. The molecule has 0 aromatic heterocycles. The maximum absolute atomic E-state index is 9.36. The molecule has 0 spiro atoms. The van der Waals surface area contributed by atoms with E-state index in [1.54, 1.807) is 13.2 Å². The Balaban J connectivity index is 1.73. The second-order valence-corrected chi connectivity index (χ2v) is 7.40. The van der Waals surface area contributed by atoms with Crippen LogP contribution in [0, 0.1) is 0 Å². The van der Waals surface area contributed by atoms with Crippen LogP contribution in [0.25, 0.3) is 0 Å². The van der Waals surface area contributed by atoms with Crippen LogP contribution >= 0.6 is 15.9 Å². The van der Waals surface area contributed by atoms with Crippen LogP contribution in [0.5, 0.6) is 23.0 Å². The van der Waals surface area contributed by atoms with Gasteiger partial charge in [-0.05, 0) is 63.8 Å². The van der Waals surface area contributed by atoms with E-state index < -0.39 is 0 Å². The van der Waals surface area contributed by atoms with E-state index in [1.807, 2.05) is 61.5 Å². The summed E-state index contributed by atoms with van der Waals surface area (Å²) in [6.07, 6.45) is 0. The third kappa shape index (κ3) is 5.68. The molecule has 158 valence electrons. The average Bonchev–Trinajstić information content (AvgIpc) is 2.78. The van der Waals surface area contributed by atoms with E-state index in [9.17, 15) is 5.11 Å². The molecular weight excluding hydrogens is 448 g/mol. The van der Waals surface area contributed by atoms with Crippen molar-refractivity contribution < 1.29 is 24.1 Å². The number of aliphatic hydroxyl groups is 1. The largest absolute Gasteiger partial charge is 0.493 e. The highest BCUT2D eigenvalue weighted by molar-refractivity contribution is 9.10. The topological polar surface area (TPSA) is 57.2 Å². The van der Waals surface area contributed by atoms with Gasteiger partial charge in [-0.3, -0.25) is 0 Å². The van der Waals surface area contributed by atoms with Crippen LogP contribution in [-0.2, 0) is 19.8 Å². The average molecular weight is 473 g/mol. The first-order valence-electron chi connectivity index (χ1n) is 9.67. The quantitative estimate of drug-likeness (QED) is 0.421. The van der Waals surface area contributed by atoms with E-state index in [2.05, 4.69) is 15.9 Å². The van der Waals surface area contributed by atoms with Gasteiger partial charge >= 0.3 is 0 Å². The van der Waals surface area contributed by atoms with Gasteiger partial charge in [-0.2, -0.15) is 0 Å². The monoisotopic (exact) mass is 472 g/mol. The summed E-state index contributed by atoms with van der Waals surface area (Å²) in [4.78, 5) is 0. The molecule has 0 amide bonds. The number of halogens is 1. The number of aliphatic hydroxyl groups excluding tert-OH is 1. The fourth-order valence-corrected chi connectivity index (χ4v) is 3.53. The number of hydrogen-bond donors (Lipinski definition) is 1. The lowest BCUT2D eigenvalue weighted by Gasteiger charge is -2.16. The number of methoxy groups -OCH3 is 1. The maximum atomic E-state index is 9.36. The number of hydrogen-bond acceptors (Lipinski definition) is 5. The molecule has 0 fully saturated rings. The Labute approximate surface area is 185 Å². The third-order valence-corrected chi connectivity index (χ3v) is 4.99. The van der Waals surface area contributed by atoms with Crippen molar-refractivity contribution in [3.8, 4) is 23.0 Å². The molecular formula is C24H25BrO5. The first kappa shape index (κ1) is 22.0. The second-order valence-electron chi connectivity index (χ2n) is 6.54. The Bertz CT molecular complexity index is 959. The van der Waals surface area contributed by atoms with Gasteiger partial charge in [0, 0.05) is 0 Å². The number of ether oxygens (including phenoxy) is 4. The Hall–Kier alpha value is -2.70. The molecule has 5 nitrogen and oxygen atoms in total. The summed E-state index contributed by atoms with van der Waals surface area (Å²) in [6, 6.07) is 19.3. The van der Waals surface area contributed by atoms with Crippen molar-refractivity contribution in [2.45, 2.75) is 26.7 Å². The predicted octanol–water partition coefficient (Wildman–Crippen LogP) is 5.51. The smallest absolute Gasteiger partial charge is 0.175 e. The van der Waals surface area contributed by atoms with Crippen molar-refractivity contribution >= 4 is 15.9 Å². The van der Waals surface area contributed by atoms with Crippen LogP contribution in [0.4, 0.5) is 0 Å². The van der Waals surface area contributed by atoms with Crippen molar-refractivity contribution in [1.82, 2.24) is 0 Å². The van der Waals surface area contributed by atoms with E-state index in [4.69, 9.17) is 18.9 Å². The van der Waals surface area contributed by atoms with Crippen molar-refractivity contribution in [2.24, 2.45) is 0 Å². The molecule has 30 heavy (non-hydrogen) atoms. The van der Waals surface area contributed by atoms with Gasteiger partial charge in [0.2, 0.25) is 0 Å². The fourth-order valence-electron chi connectivity index (χ4n) is 2.93. The molecule has 1 N–H and O–H groups in total. The lowest BCUT2D eigenvalue weighted by molar-refractivity contribution is 0.264. The van der Waals surface area contributed by atoms with Gasteiger partial charge in [0.05, 0.1) is 24.8 Å². The maximum Gasteiger partial charge on any atom is 0.175 e. The van der Waals surface area contributed by atoms with Gasteiger partial charge in [-0.25, -0.2) is 0 Å². The summed E-state index contributed by atoms with van der Waals surface area (Å²) in [5.74, 6) is 2.50. The lowest BCUT2D eigenvalue weighted by atomic mass is 10.2. The van der Waals surface area contributed by atoms with Crippen molar-refractivity contribution in [1.29, 1.82) is 0 Å². The highest BCUT2D eigenvalue weighted by atomic mass is 79.9. The summed E-state index contributed by atoms with van der Waals surface area (Å²) >= 11 is 3.49. The van der Waals surface area contributed by atoms with Gasteiger partial charge < -0.3 is 24.1 Å². The minimum Gasteiger partial charge on any atom is -0.493 e. The van der Waals surface area contributed by atoms with Crippen molar-refractivity contribution in [3.63, 3.8) is 0 Å². The Morgan fingerprint density at radius 3 is 2.20 bits per heavy atom. The minimum absolute atomic E-state index is 0.0720. The van der Waals surface area contributed by atoms with Gasteiger partial charge in [0.25, 0.3) is 0 Å². The fraction of sp³-hybridized carbons (Fsp3) is 0.250. The third-order valence-electron chi connectivity index (χ3n) is 4.40. The molecule has 3 aromatic rings. The summed E-state index contributed by atoms with van der Waals surface area (Å²) in [5, 5.41) is 9.36. The Morgan fingerprint density at radius 2 is 1.50 bits per heavy atom. The van der Waals surface area contributed by atoms with Crippen LogP contribution in [0.2, 0.25) is 0 Å². The minimum atomic E-state index is -0.0720. The lowest BCUT2D eigenvalue weighted by Crippen LogP contribution is -2.03. The van der Waals surface area contributed by atoms with Gasteiger partial charge in [0.15, 0.2) is 23.0 Å². The van der Waals surface area contributed by atoms with Crippen molar-refractivity contribution in [3.05, 3.63) is 81.8 Å². The molecule has 0 aliphatic heterocycles. The first-order chi connectivity index (χ1) is 14.6. The molecule has 0 aliphatic carbocycles. The van der Waals surface area contributed by atoms with Crippen molar-refractivity contribution in [2.75, 3.05) is 13.7 Å². The van der Waals surface area contributed by atoms with Crippen LogP contribution in [-0.4, -0.2) is 18.8 Å². The van der Waals surface area contributed by atoms with E-state index in [0.29, 0.717) is 42.8 Å². The molecule has 0 atom stereocenters. The summed E-state index contributed by atoms with van der Waals surface area (Å²) < 4.78 is 23.9. The van der Waals surface area contributed by atoms with Crippen LogP contribution < -0.4 is 18.9 Å². The Kier molecular flexibility index (Phi) is 7.99. The summed E-state index contributed by atoms with van der Waals surface area (Å²) in [6.45, 7) is 3.20. The molecule has 0 radical (unpaired) electrons. The SMILES string of the molecule is CCOc1cc(COc2c(Br)cc(CO)cc2OC)ccc1OCc1ccccc1. The van der Waals surface area contributed by atoms with Gasteiger partial charge in [-0.1, -0.05) is 36.4 Å². The molecule has 6 heteroatoms. The standard InChI is InChI=1S/C24H25BrO5/c1-3-28-22-12-18(9-10-21(22)29-15-17-7-5-4-6-8-17)16-30-24-20(25)11-19(14-26)13-23(24)27-2/h4-13,26H,3,14-16H2,1-2H3. The van der Waals surface area contributed by atoms with Crippen LogP contribution in [0.1, 0.15) is 23.6 Å². The molecule has 3 rings (SSSR count). The normalized spacial score (nSPS) is 10.5. The summed E-state index contributed by atoms with van der Waals surface area (Å²) in [7, 11) is 1.57. The molecule has 0 saturated carbocycles. The van der Waals surface area contributed by atoms with Gasteiger partial charge in [-0.15, -0.1) is 0 Å². The van der Waals surface area contributed by atoms with Crippen LogP contribution in [0.15, 0.2) is 65.1 Å². The second kappa shape index (κ2) is 10.9. The highest BCUT2D eigenvalue weighted by Crippen LogP contribution is 2.38.